The van der Waals surface area contributed by atoms with E-state index in [1.165, 1.54) is 18.9 Å². The van der Waals surface area contributed by atoms with Gasteiger partial charge in [-0.05, 0) is 58.8 Å². The minimum atomic E-state index is -0.213. The minimum absolute atomic E-state index is 0.147. The van der Waals surface area contributed by atoms with Gasteiger partial charge in [-0.3, -0.25) is 0 Å². The van der Waals surface area contributed by atoms with E-state index in [2.05, 4.69) is 15.9 Å². The summed E-state index contributed by atoms with van der Waals surface area (Å²) in [6.45, 7) is 0. The normalized spacial score (nSPS) is 25.6. The predicted octanol–water partition coefficient (Wildman–Crippen LogP) is 4.07. The van der Waals surface area contributed by atoms with Crippen molar-refractivity contribution in [2.45, 2.75) is 44.6 Å². The van der Waals surface area contributed by atoms with Crippen molar-refractivity contribution in [3.63, 3.8) is 0 Å². The van der Waals surface area contributed by atoms with E-state index in [0.29, 0.717) is 10.4 Å². The molecular formula is C14H18BrFO. The number of hydrogen-bond acceptors (Lipinski definition) is 1. The molecule has 1 aliphatic carbocycles. The topological polar surface area (TPSA) is 20.2 Å². The number of benzene rings is 1. The molecule has 17 heavy (non-hydrogen) atoms. The first-order valence-electron chi connectivity index (χ1n) is 6.27. The van der Waals surface area contributed by atoms with Crippen LogP contribution in [0, 0.1) is 11.7 Å². The second kappa shape index (κ2) is 5.96. The highest BCUT2D eigenvalue weighted by Crippen LogP contribution is 2.27. The molecule has 0 bridgehead atoms. The summed E-state index contributed by atoms with van der Waals surface area (Å²) in [5.74, 6) is 0.319. The lowest BCUT2D eigenvalue weighted by molar-refractivity contribution is 0.141. The van der Waals surface area contributed by atoms with Gasteiger partial charge in [-0.1, -0.05) is 25.3 Å². The Morgan fingerprint density at radius 2 is 2.06 bits per heavy atom. The van der Waals surface area contributed by atoms with E-state index in [4.69, 9.17) is 0 Å². The molecule has 94 valence electrons. The van der Waals surface area contributed by atoms with Gasteiger partial charge >= 0.3 is 0 Å². The third kappa shape index (κ3) is 3.78. The van der Waals surface area contributed by atoms with Crippen LogP contribution in [0.4, 0.5) is 4.39 Å². The van der Waals surface area contributed by atoms with Crippen molar-refractivity contribution >= 4 is 15.9 Å². The van der Waals surface area contributed by atoms with Crippen molar-refractivity contribution in [1.29, 1.82) is 0 Å². The van der Waals surface area contributed by atoms with Gasteiger partial charge in [-0.25, -0.2) is 4.39 Å². The Bertz CT molecular complexity index is 380. The quantitative estimate of drug-likeness (QED) is 0.816. The zero-order valence-electron chi connectivity index (χ0n) is 9.83. The van der Waals surface area contributed by atoms with Crippen LogP contribution in [0.15, 0.2) is 22.7 Å². The lowest BCUT2D eigenvalue weighted by Gasteiger charge is -2.16. The van der Waals surface area contributed by atoms with E-state index in [-0.39, 0.29) is 11.9 Å². The molecule has 1 fully saturated rings. The van der Waals surface area contributed by atoms with Gasteiger partial charge in [0.1, 0.15) is 5.82 Å². The van der Waals surface area contributed by atoms with Crippen LogP contribution in [0.2, 0.25) is 0 Å². The molecule has 1 N–H and O–H groups in total. The van der Waals surface area contributed by atoms with Gasteiger partial charge in [-0.2, -0.15) is 0 Å². The van der Waals surface area contributed by atoms with Crippen molar-refractivity contribution in [3.8, 4) is 0 Å². The maximum Gasteiger partial charge on any atom is 0.137 e. The Balaban J connectivity index is 2.01. The van der Waals surface area contributed by atoms with Gasteiger partial charge in [0.25, 0.3) is 0 Å². The number of aliphatic hydroxyl groups excluding tert-OH is 1. The second-order valence-corrected chi connectivity index (χ2v) is 5.85. The second-order valence-electron chi connectivity index (χ2n) is 4.99. The van der Waals surface area contributed by atoms with E-state index in [9.17, 15) is 9.50 Å². The average Bonchev–Trinajstić information content (AvgIpc) is 2.48. The highest BCUT2D eigenvalue weighted by molar-refractivity contribution is 9.10. The molecule has 0 heterocycles. The first-order chi connectivity index (χ1) is 8.15. The average molecular weight is 301 g/mol. The first-order valence-corrected chi connectivity index (χ1v) is 7.06. The highest BCUT2D eigenvalue weighted by atomic mass is 79.9. The van der Waals surface area contributed by atoms with Crippen LogP contribution in [-0.4, -0.2) is 11.2 Å². The predicted molar refractivity (Wildman–Crippen MR) is 70.4 cm³/mol. The number of rotatable bonds is 2. The Morgan fingerprint density at radius 1 is 1.29 bits per heavy atom. The van der Waals surface area contributed by atoms with Gasteiger partial charge < -0.3 is 5.11 Å². The Labute approximate surface area is 110 Å². The van der Waals surface area contributed by atoms with Gasteiger partial charge in [0, 0.05) is 0 Å². The molecule has 1 saturated carbocycles. The molecule has 1 nitrogen and oxygen atoms in total. The molecule has 0 saturated heterocycles. The van der Waals surface area contributed by atoms with Crippen molar-refractivity contribution < 1.29 is 9.50 Å². The monoisotopic (exact) mass is 300 g/mol. The van der Waals surface area contributed by atoms with Crippen molar-refractivity contribution in [3.05, 3.63) is 34.1 Å². The van der Waals surface area contributed by atoms with E-state index in [1.54, 1.807) is 0 Å². The zero-order chi connectivity index (χ0) is 12.3. The third-order valence-corrected chi connectivity index (χ3v) is 4.12. The van der Waals surface area contributed by atoms with Crippen LogP contribution >= 0.6 is 15.9 Å². The summed E-state index contributed by atoms with van der Waals surface area (Å²) in [4.78, 5) is 0. The van der Waals surface area contributed by atoms with Crippen LogP contribution in [0.1, 0.15) is 37.7 Å². The molecule has 0 radical (unpaired) electrons. The van der Waals surface area contributed by atoms with Crippen LogP contribution < -0.4 is 0 Å². The van der Waals surface area contributed by atoms with E-state index < -0.39 is 0 Å². The molecule has 2 unspecified atom stereocenters. The Hall–Kier alpha value is -0.410. The van der Waals surface area contributed by atoms with Crippen LogP contribution in [-0.2, 0) is 6.42 Å². The first kappa shape index (κ1) is 13.0. The van der Waals surface area contributed by atoms with Crippen LogP contribution in [0.25, 0.3) is 0 Å². The molecule has 3 heteroatoms. The maximum atomic E-state index is 13.1. The molecular weight excluding hydrogens is 283 g/mol. The summed E-state index contributed by atoms with van der Waals surface area (Å²) in [6, 6.07) is 5.20. The standard InChI is InChI=1S/C14H18BrFO/c15-13-9-11(5-6-14(13)16)7-10-3-1-2-4-12(17)8-10/h5-6,9-10,12,17H,1-4,7-8H2. The summed E-state index contributed by atoms with van der Waals surface area (Å²) in [5, 5.41) is 9.77. The lowest BCUT2D eigenvalue weighted by Crippen LogP contribution is -2.12. The lowest BCUT2D eigenvalue weighted by atomic mass is 9.92. The Kier molecular flexibility index (Phi) is 4.57. The summed E-state index contributed by atoms with van der Waals surface area (Å²) in [7, 11) is 0. The largest absolute Gasteiger partial charge is 0.393 e. The SMILES string of the molecule is OC1CCCCC(Cc2ccc(F)c(Br)c2)C1. The van der Waals surface area contributed by atoms with Crippen LogP contribution in [0.3, 0.4) is 0 Å². The molecule has 0 spiro atoms. The van der Waals surface area contributed by atoms with Gasteiger partial charge in [0.05, 0.1) is 10.6 Å². The Morgan fingerprint density at radius 3 is 2.82 bits per heavy atom. The fraction of sp³-hybridized carbons (Fsp3) is 0.571. The van der Waals surface area contributed by atoms with Crippen molar-refractivity contribution in [1.82, 2.24) is 0 Å². The molecule has 1 aliphatic rings. The fourth-order valence-electron chi connectivity index (χ4n) is 2.62. The van der Waals surface area contributed by atoms with E-state index >= 15 is 0 Å². The molecule has 0 aromatic heterocycles. The maximum absolute atomic E-state index is 13.1. The summed E-state index contributed by atoms with van der Waals surface area (Å²) in [5.41, 5.74) is 1.15. The number of halogens is 2. The fourth-order valence-corrected chi connectivity index (χ4v) is 3.04. The number of aliphatic hydroxyl groups is 1. The van der Waals surface area contributed by atoms with Gasteiger partial charge in [0.2, 0.25) is 0 Å². The van der Waals surface area contributed by atoms with E-state index in [1.807, 2.05) is 12.1 Å². The third-order valence-electron chi connectivity index (χ3n) is 3.51. The molecule has 2 atom stereocenters. The van der Waals surface area contributed by atoms with E-state index in [0.717, 1.165) is 31.2 Å². The molecule has 2 rings (SSSR count). The molecule has 0 aliphatic heterocycles. The number of hydrogen-bond donors (Lipinski definition) is 1. The minimum Gasteiger partial charge on any atom is -0.393 e. The van der Waals surface area contributed by atoms with Gasteiger partial charge in [0.15, 0.2) is 0 Å². The summed E-state index contributed by atoms with van der Waals surface area (Å²) < 4.78 is 13.6. The summed E-state index contributed by atoms with van der Waals surface area (Å²) >= 11 is 3.21. The highest BCUT2D eigenvalue weighted by Gasteiger charge is 2.18. The van der Waals surface area contributed by atoms with Crippen molar-refractivity contribution in [2.75, 3.05) is 0 Å². The van der Waals surface area contributed by atoms with Crippen LogP contribution in [0.5, 0.6) is 0 Å². The molecule has 0 amide bonds. The smallest absolute Gasteiger partial charge is 0.137 e. The molecule has 1 aromatic rings. The zero-order valence-corrected chi connectivity index (χ0v) is 11.4. The van der Waals surface area contributed by atoms with Gasteiger partial charge in [-0.15, -0.1) is 0 Å². The summed E-state index contributed by atoms with van der Waals surface area (Å²) in [6.07, 6.45) is 6.11. The van der Waals surface area contributed by atoms with Crippen molar-refractivity contribution in [2.24, 2.45) is 5.92 Å². The molecule has 1 aromatic carbocycles.